The van der Waals surface area contributed by atoms with Gasteiger partial charge in [-0.1, -0.05) is 12.8 Å². The van der Waals surface area contributed by atoms with E-state index in [2.05, 4.69) is 5.09 Å². The van der Waals surface area contributed by atoms with E-state index in [1.807, 2.05) is 0 Å². The maximum atomic E-state index is 11.7. The standard InChI is InChI=1S/C8H14F3N2O3P/c9-8(10,11)7(14)12-5-3-1-2-4-6-13-17(15)16/h13H,1-6H2,(H,12,14)/q-2. The number of carbonyl (C=O) groups excluding carboxylic acids is 1. The van der Waals surface area contributed by atoms with Gasteiger partial charge < -0.3 is 20.2 Å². The van der Waals surface area contributed by atoms with Gasteiger partial charge in [-0.15, -0.1) is 0 Å². The Morgan fingerprint density at radius 3 is 2.06 bits per heavy atom. The molecule has 0 saturated carbocycles. The number of alkyl halides is 3. The van der Waals surface area contributed by atoms with E-state index in [1.54, 1.807) is 5.32 Å². The van der Waals surface area contributed by atoms with E-state index >= 15 is 0 Å². The number of hydrogen-bond donors (Lipinski definition) is 2. The molecule has 9 heteroatoms. The lowest BCUT2D eigenvalue weighted by Crippen LogP contribution is -2.37. The topological polar surface area (TPSA) is 87.2 Å². The maximum Gasteiger partial charge on any atom is 0.471 e. The number of hydrogen-bond acceptors (Lipinski definition) is 4. The van der Waals surface area contributed by atoms with Gasteiger partial charge in [0, 0.05) is 6.54 Å². The van der Waals surface area contributed by atoms with Crippen LogP contribution in [0.2, 0.25) is 0 Å². The van der Waals surface area contributed by atoms with Crippen LogP contribution in [-0.2, 0) is 4.79 Å². The summed E-state index contributed by atoms with van der Waals surface area (Å²) in [7, 11) is -2.58. The van der Waals surface area contributed by atoms with Crippen LogP contribution in [0.25, 0.3) is 0 Å². The molecule has 1 amide bonds. The summed E-state index contributed by atoms with van der Waals surface area (Å²) in [5.74, 6) is -1.93. The highest BCUT2D eigenvalue weighted by Gasteiger charge is 2.37. The van der Waals surface area contributed by atoms with Crippen LogP contribution < -0.4 is 20.2 Å². The Morgan fingerprint density at radius 2 is 1.59 bits per heavy atom. The first-order valence-corrected chi connectivity index (χ1v) is 6.24. The lowest BCUT2D eigenvalue weighted by molar-refractivity contribution is -0.296. The van der Waals surface area contributed by atoms with Gasteiger partial charge in [0.1, 0.15) is 0 Å². The van der Waals surface area contributed by atoms with E-state index in [0.717, 1.165) is 0 Å². The van der Waals surface area contributed by atoms with Crippen LogP contribution in [0.5, 0.6) is 0 Å². The zero-order chi connectivity index (χ0) is 13.3. The van der Waals surface area contributed by atoms with Crippen LogP contribution >= 0.6 is 8.53 Å². The van der Waals surface area contributed by atoms with Crippen LogP contribution in [0, 0.1) is 0 Å². The molecule has 0 aliphatic rings. The fourth-order valence-electron chi connectivity index (χ4n) is 1.08. The molecule has 17 heavy (non-hydrogen) atoms. The number of rotatable bonds is 8. The molecule has 0 aliphatic heterocycles. The average Bonchev–Trinajstić information content (AvgIpc) is 2.19. The van der Waals surface area contributed by atoms with Gasteiger partial charge in [-0.25, -0.2) is 8.53 Å². The van der Waals surface area contributed by atoms with E-state index < -0.39 is 20.6 Å². The average molecular weight is 274 g/mol. The normalized spacial score (nSPS) is 11.9. The van der Waals surface area contributed by atoms with Gasteiger partial charge in [0.15, 0.2) is 0 Å². The van der Waals surface area contributed by atoms with Crippen molar-refractivity contribution in [2.75, 3.05) is 13.1 Å². The Kier molecular flexibility index (Phi) is 8.41. The third-order valence-electron chi connectivity index (χ3n) is 1.89. The van der Waals surface area contributed by atoms with Crippen LogP contribution in [-0.4, -0.2) is 25.2 Å². The quantitative estimate of drug-likeness (QED) is 0.472. The van der Waals surface area contributed by atoms with E-state index in [9.17, 15) is 27.8 Å². The second-order valence-corrected chi connectivity index (χ2v) is 4.16. The predicted octanol–water partition coefficient (Wildman–Crippen LogP) is -0.238. The summed E-state index contributed by atoms with van der Waals surface area (Å²) in [5, 5.41) is 3.97. The van der Waals surface area contributed by atoms with Gasteiger partial charge >= 0.3 is 12.1 Å². The fourth-order valence-corrected chi connectivity index (χ4v) is 1.42. The molecule has 0 aromatic heterocycles. The van der Waals surface area contributed by atoms with Crippen molar-refractivity contribution in [3.63, 3.8) is 0 Å². The van der Waals surface area contributed by atoms with Crippen molar-refractivity contribution >= 4 is 14.4 Å². The van der Waals surface area contributed by atoms with Crippen molar-refractivity contribution in [2.45, 2.75) is 31.9 Å². The highest BCUT2D eigenvalue weighted by molar-refractivity contribution is 7.39. The minimum atomic E-state index is -4.83. The predicted molar refractivity (Wildman–Crippen MR) is 52.5 cm³/mol. The first kappa shape index (κ1) is 16.6. The Morgan fingerprint density at radius 1 is 1.06 bits per heavy atom. The molecule has 0 unspecified atom stereocenters. The summed E-state index contributed by atoms with van der Waals surface area (Å²) < 4.78 is 35.2. The lowest BCUT2D eigenvalue weighted by Gasteiger charge is -2.31. The minimum Gasteiger partial charge on any atom is -0.830 e. The van der Waals surface area contributed by atoms with Crippen molar-refractivity contribution in [1.29, 1.82) is 0 Å². The number of unbranched alkanes of at least 4 members (excludes halogenated alkanes) is 3. The summed E-state index contributed by atoms with van der Waals surface area (Å²) in [4.78, 5) is 30.5. The molecule has 5 nitrogen and oxygen atoms in total. The van der Waals surface area contributed by atoms with E-state index in [0.29, 0.717) is 32.2 Å². The van der Waals surface area contributed by atoms with Crippen LogP contribution in [0.4, 0.5) is 13.2 Å². The summed E-state index contributed by atoms with van der Waals surface area (Å²) in [5.41, 5.74) is 0. The molecule has 0 spiro atoms. The monoisotopic (exact) mass is 274 g/mol. The second kappa shape index (κ2) is 8.63. The van der Waals surface area contributed by atoms with E-state index in [4.69, 9.17) is 0 Å². The molecule has 2 N–H and O–H groups in total. The molecule has 0 aromatic carbocycles. The van der Waals surface area contributed by atoms with Crippen LogP contribution in [0.15, 0.2) is 0 Å². The van der Waals surface area contributed by atoms with Crippen LogP contribution in [0.3, 0.4) is 0 Å². The molecule has 0 atom stereocenters. The number of halogens is 3. The van der Waals surface area contributed by atoms with Gasteiger partial charge in [0.25, 0.3) is 0 Å². The molecule has 0 rings (SSSR count). The molecular formula is C8H14F3N2O3P-2. The van der Waals surface area contributed by atoms with Crippen molar-refractivity contribution in [3.8, 4) is 0 Å². The lowest BCUT2D eigenvalue weighted by atomic mass is 10.2. The van der Waals surface area contributed by atoms with E-state index in [1.165, 1.54) is 0 Å². The van der Waals surface area contributed by atoms with Gasteiger partial charge in [-0.3, -0.25) is 4.79 Å². The summed E-state index contributed by atoms with van der Waals surface area (Å²) in [6.45, 7) is 0.301. The largest absolute Gasteiger partial charge is 0.830 e. The van der Waals surface area contributed by atoms with Gasteiger partial charge in [0.2, 0.25) is 0 Å². The number of nitrogens with one attached hydrogen (secondary N) is 2. The van der Waals surface area contributed by atoms with Crippen molar-refractivity contribution in [1.82, 2.24) is 10.4 Å². The Labute approximate surface area is 98.4 Å². The van der Waals surface area contributed by atoms with Crippen LogP contribution in [0.1, 0.15) is 25.7 Å². The highest BCUT2D eigenvalue weighted by Crippen LogP contribution is 2.14. The number of carbonyl (C=O) groups is 1. The maximum absolute atomic E-state index is 11.7. The molecule has 0 aromatic rings. The molecule has 0 radical (unpaired) electrons. The molecule has 0 aliphatic carbocycles. The molecule has 0 bridgehead atoms. The Hall–Kier alpha value is -0.430. The molecule has 0 saturated heterocycles. The molecule has 0 heterocycles. The van der Waals surface area contributed by atoms with Gasteiger partial charge in [-0.2, -0.15) is 13.2 Å². The third kappa shape index (κ3) is 10.4. The van der Waals surface area contributed by atoms with E-state index in [-0.39, 0.29) is 6.54 Å². The first-order chi connectivity index (χ1) is 7.84. The third-order valence-corrected chi connectivity index (χ3v) is 2.37. The van der Waals surface area contributed by atoms with Gasteiger partial charge in [-0.05, 0) is 19.4 Å². The minimum absolute atomic E-state index is 0.0262. The number of amides is 1. The summed E-state index contributed by atoms with van der Waals surface area (Å²) >= 11 is 0. The molecule has 102 valence electrons. The highest BCUT2D eigenvalue weighted by atomic mass is 31.2. The second-order valence-electron chi connectivity index (χ2n) is 3.33. The van der Waals surface area contributed by atoms with Gasteiger partial charge in [0.05, 0.1) is 0 Å². The SMILES string of the molecule is O=C(NCCCCCCNP([O-])[O-])C(F)(F)F. The molecular weight excluding hydrogens is 260 g/mol. The Balaban J connectivity index is 3.27. The van der Waals surface area contributed by atoms with Crippen molar-refractivity contribution < 1.29 is 27.8 Å². The Bertz CT molecular complexity index is 227. The fraction of sp³-hybridized carbons (Fsp3) is 0.875. The smallest absolute Gasteiger partial charge is 0.471 e. The zero-order valence-corrected chi connectivity index (χ0v) is 9.94. The summed E-state index contributed by atoms with van der Waals surface area (Å²) in [6, 6.07) is 0. The van der Waals surface area contributed by atoms with Crippen molar-refractivity contribution in [3.05, 3.63) is 0 Å². The summed E-state index contributed by atoms with van der Waals surface area (Å²) in [6.07, 6.45) is -2.45. The first-order valence-electron chi connectivity index (χ1n) is 5.07. The zero-order valence-electron chi connectivity index (χ0n) is 9.05. The van der Waals surface area contributed by atoms with Crippen molar-refractivity contribution in [2.24, 2.45) is 0 Å². The molecule has 0 fully saturated rings.